The van der Waals surface area contributed by atoms with Crippen molar-refractivity contribution in [3.8, 4) is 0 Å². The lowest BCUT2D eigenvalue weighted by Gasteiger charge is -2.15. The van der Waals surface area contributed by atoms with Gasteiger partial charge in [0, 0.05) is 18.4 Å². The standard InChI is InChI=1S/C19H19FN2O4/c1-10(24)21-7-13-8-22(19(25)26-13)12-2-3-14(18(20)6-12)11-4-15-16(5-11)17(15)9-23/h2-4,6,9,13,15-17H,5,7-8H2,1H3,(H,21,24)/t13-,15?,16?,17?/m0/s1. The number of carbonyl (C=O) groups is 3. The monoisotopic (exact) mass is 358 g/mol. The lowest BCUT2D eigenvalue weighted by Crippen LogP contribution is -2.33. The number of anilines is 1. The summed E-state index contributed by atoms with van der Waals surface area (Å²) < 4.78 is 19.8. The minimum absolute atomic E-state index is 0.0981. The molecular weight excluding hydrogens is 339 g/mol. The number of nitrogens with one attached hydrogen (secondary N) is 1. The van der Waals surface area contributed by atoms with E-state index in [1.54, 1.807) is 12.1 Å². The van der Waals surface area contributed by atoms with E-state index in [2.05, 4.69) is 5.32 Å². The summed E-state index contributed by atoms with van der Waals surface area (Å²) in [6, 6.07) is 4.70. The second kappa shape index (κ2) is 6.23. The fourth-order valence-electron chi connectivity index (χ4n) is 3.91. The predicted octanol–water partition coefficient (Wildman–Crippen LogP) is 2.14. The summed E-state index contributed by atoms with van der Waals surface area (Å²) in [5.41, 5.74) is 1.87. The maximum Gasteiger partial charge on any atom is 0.414 e. The van der Waals surface area contributed by atoms with Gasteiger partial charge in [-0.2, -0.15) is 0 Å². The van der Waals surface area contributed by atoms with E-state index in [9.17, 15) is 18.8 Å². The predicted molar refractivity (Wildman–Crippen MR) is 91.8 cm³/mol. The summed E-state index contributed by atoms with van der Waals surface area (Å²) in [5.74, 6) is 0.0840. The van der Waals surface area contributed by atoms with Crippen molar-refractivity contribution >= 4 is 29.5 Å². The molecular formula is C19H19FN2O4. The van der Waals surface area contributed by atoms with E-state index < -0.39 is 18.0 Å². The molecule has 2 amide bonds. The van der Waals surface area contributed by atoms with E-state index >= 15 is 0 Å². The molecule has 1 heterocycles. The Bertz CT molecular complexity index is 822. The maximum absolute atomic E-state index is 14.6. The highest BCUT2D eigenvalue weighted by Gasteiger charge is 2.52. The Morgan fingerprint density at radius 2 is 2.27 bits per heavy atom. The summed E-state index contributed by atoms with van der Waals surface area (Å²) in [6.45, 7) is 1.87. The molecule has 7 heteroatoms. The first-order chi connectivity index (χ1) is 12.5. The van der Waals surface area contributed by atoms with Crippen LogP contribution in [0.15, 0.2) is 24.3 Å². The molecule has 2 fully saturated rings. The smallest absolute Gasteiger partial charge is 0.414 e. The van der Waals surface area contributed by atoms with Crippen molar-refractivity contribution in [1.82, 2.24) is 5.32 Å². The molecule has 1 aromatic carbocycles. The Morgan fingerprint density at radius 1 is 1.46 bits per heavy atom. The van der Waals surface area contributed by atoms with Gasteiger partial charge in [-0.25, -0.2) is 9.18 Å². The number of benzene rings is 1. The zero-order valence-electron chi connectivity index (χ0n) is 14.3. The molecule has 4 atom stereocenters. The number of nitrogens with zero attached hydrogens (tertiary/aromatic N) is 1. The van der Waals surface area contributed by atoms with Gasteiger partial charge >= 0.3 is 6.09 Å². The molecule has 4 rings (SSSR count). The normalized spacial score (nSPS) is 29.1. The lowest BCUT2D eigenvalue weighted by atomic mass is 10.00. The number of rotatable bonds is 5. The van der Waals surface area contributed by atoms with Gasteiger partial charge in [0.15, 0.2) is 0 Å². The van der Waals surface area contributed by atoms with Crippen LogP contribution in [0.3, 0.4) is 0 Å². The quantitative estimate of drug-likeness (QED) is 0.818. The molecule has 6 nitrogen and oxygen atoms in total. The van der Waals surface area contributed by atoms with Crippen molar-refractivity contribution < 1.29 is 23.5 Å². The fraction of sp³-hybridized carbons (Fsp3) is 0.421. The Balaban J connectivity index is 1.47. The average Bonchev–Trinajstić information content (AvgIpc) is 2.93. The molecule has 1 saturated heterocycles. The second-order valence-corrected chi connectivity index (χ2v) is 7.07. The lowest BCUT2D eigenvalue weighted by molar-refractivity contribution is -0.119. The number of ether oxygens (including phenoxy) is 1. The summed E-state index contributed by atoms with van der Waals surface area (Å²) >= 11 is 0. The number of amides is 2. The molecule has 3 aliphatic rings. The molecule has 1 aromatic rings. The van der Waals surface area contributed by atoms with Gasteiger partial charge in [0.05, 0.1) is 18.8 Å². The molecule has 1 aliphatic heterocycles. The highest BCUT2D eigenvalue weighted by atomic mass is 19.1. The zero-order valence-corrected chi connectivity index (χ0v) is 14.3. The average molecular weight is 358 g/mol. The molecule has 3 unspecified atom stereocenters. The third-order valence-electron chi connectivity index (χ3n) is 5.36. The van der Waals surface area contributed by atoms with Crippen LogP contribution in [0.25, 0.3) is 5.57 Å². The topological polar surface area (TPSA) is 75.7 Å². The molecule has 2 aliphatic carbocycles. The molecule has 0 aromatic heterocycles. The molecule has 136 valence electrons. The SMILES string of the molecule is CC(=O)NC[C@H]1CN(c2ccc(C3=CC4C(C=O)C4C3)c(F)c2)C(=O)O1. The van der Waals surface area contributed by atoms with Crippen molar-refractivity contribution in [2.24, 2.45) is 17.8 Å². The van der Waals surface area contributed by atoms with Crippen LogP contribution < -0.4 is 10.2 Å². The number of aldehydes is 1. The number of halogens is 1. The summed E-state index contributed by atoms with van der Waals surface area (Å²) in [4.78, 5) is 35.2. The first-order valence-corrected chi connectivity index (χ1v) is 8.66. The number of hydrogen-bond donors (Lipinski definition) is 1. The Labute approximate surface area is 150 Å². The van der Waals surface area contributed by atoms with Crippen LogP contribution in [-0.2, 0) is 14.3 Å². The fourth-order valence-corrected chi connectivity index (χ4v) is 3.91. The Hall–Kier alpha value is -2.70. The van der Waals surface area contributed by atoms with E-state index in [4.69, 9.17) is 4.74 Å². The van der Waals surface area contributed by atoms with Crippen LogP contribution >= 0.6 is 0 Å². The number of cyclic esters (lactones) is 1. The van der Waals surface area contributed by atoms with Crippen LogP contribution in [0.5, 0.6) is 0 Å². The minimum Gasteiger partial charge on any atom is -0.442 e. The number of fused-ring (bicyclic) bond motifs is 1. The number of carbonyl (C=O) groups excluding carboxylic acids is 3. The van der Waals surface area contributed by atoms with Crippen molar-refractivity contribution in [2.75, 3.05) is 18.0 Å². The van der Waals surface area contributed by atoms with Gasteiger partial charge < -0.3 is 14.8 Å². The van der Waals surface area contributed by atoms with E-state index in [1.807, 2.05) is 6.08 Å². The first kappa shape index (κ1) is 16.8. The van der Waals surface area contributed by atoms with Gasteiger partial charge in [-0.15, -0.1) is 0 Å². The highest BCUT2D eigenvalue weighted by molar-refractivity contribution is 5.90. The van der Waals surface area contributed by atoms with Crippen LogP contribution in [0.1, 0.15) is 18.9 Å². The van der Waals surface area contributed by atoms with Crippen LogP contribution in [0.4, 0.5) is 14.9 Å². The van der Waals surface area contributed by atoms with Crippen molar-refractivity contribution in [3.63, 3.8) is 0 Å². The van der Waals surface area contributed by atoms with Crippen LogP contribution in [0, 0.1) is 23.6 Å². The molecule has 0 spiro atoms. The maximum atomic E-state index is 14.6. The third kappa shape index (κ3) is 2.87. The molecule has 0 radical (unpaired) electrons. The van der Waals surface area contributed by atoms with E-state index in [0.717, 1.165) is 18.3 Å². The van der Waals surface area contributed by atoms with E-state index in [-0.39, 0.29) is 30.8 Å². The largest absolute Gasteiger partial charge is 0.442 e. The van der Waals surface area contributed by atoms with Gasteiger partial charge in [0.1, 0.15) is 18.2 Å². The van der Waals surface area contributed by atoms with Gasteiger partial charge in [0.2, 0.25) is 5.91 Å². The minimum atomic E-state index is -0.553. The summed E-state index contributed by atoms with van der Waals surface area (Å²) in [5, 5.41) is 2.61. The zero-order chi connectivity index (χ0) is 18.4. The first-order valence-electron chi connectivity index (χ1n) is 8.66. The van der Waals surface area contributed by atoms with E-state index in [1.165, 1.54) is 17.9 Å². The van der Waals surface area contributed by atoms with E-state index in [0.29, 0.717) is 17.2 Å². The van der Waals surface area contributed by atoms with Gasteiger partial charge in [-0.05, 0) is 42.0 Å². The van der Waals surface area contributed by atoms with Crippen molar-refractivity contribution in [1.29, 1.82) is 0 Å². The molecule has 1 N–H and O–H groups in total. The number of hydrogen-bond acceptors (Lipinski definition) is 4. The van der Waals surface area contributed by atoms with Gasteiger partial charge in [-0.1, -0.05) is 6.08 Å². The summed E-state index contributed by atoms with van der Waals surface area (Å²) in [6.07, 6.45) is 2.68. The highest BCUT2D eigenvalue weighted by Crippen LogP contribution is 2.57. The molecule has 1 saturated carbocycles. The van der Waals surface area contributed by atoms with Crippen LogP contribution in [-0.4, -0.2) is 37.5 Å². The van der Waals surface area contributed by atoms with Crippen molar-refractivity contribution in [2.45, 2.75) is 19.4 Å². The Morgan fingerprint density at radius 3 is 2.88 bits per heavy atom. The Kier molecular flexibility index (Phi) is 4.01. The molecule has 0 bridgehead atoms. The second-order valence-electron chi connectivity index (χ2n) is 7.07. The van der Waals surface area contributed by atoms with Crippen molar-refractivity contribution in [3.05, 3.63) is 35.7 Å². The van der Waals surface area contributed by atoms with Gasteiger partial charge in [0.25, 0.3) is 0 Å². The third-order valence-corrected chi connectivity index (χ3v) is 5.36. The van der Waals surface area contributed by atoms with Crippen LogP contribution in [0.2, 0.25) is 0 Å². The van der Waals surface area contributed by atoms with Gasteiger partial charge in [-0.3, -0.25) is 9.69 Å². The summed E-state index contributed by atoms with van der Waals surface area (Å²) in [7, 11) is 0. The number of allylic oxidation sites excluding steroid dienone is 2. The molecule has 26 heavy (non-hydrogen) atoms.